The number of nitrogens with one attached hydrogen (secondary N) is 1. The number of amides is 1. The van der Waals surface area contributed by atoms with E-state index in [0.29, 0.717) is 17.9 Å². The molecule has 0 fully saturated rings. The molecule has 0 heterocycles. The van der Waals surface area contributed by atoms with Crippen LogP contribution in [0.4, 0.5) is 5.69 Å². The number of aromatic hydroxyl groups is 1. The number of nitrogens with zero attached hydrogens (tertiary/aromatic N) is 2. The van der Waals surface area contributed by atoms with E-state index >= 15 is 0 Å². The molecule has 1 amide bonds. The van der Waals surface area contributed by atoms with Crippen LogP contribution < -0.4 is 14.5 Å². The van der Waals surface area contributed by atoms with Crippen molar-refractivity contribution in [3.8, 4) is 11.5 Å². The number of phenolic OH excluding ortho intramolecular Hbond substituents is 1. The van der Waals surface area contributed by atoms with Crippen LogP contribution in [0.3, 0.4) is 0 Å². The monoisotopic (exact) mass is 391 g/mol. The minimum absolute atomic E-state index is 0.0129. The number of ether oxygens (including phenoxy) is 1. The number of hydrazone groups is 1. The van der Waals surface area contributed by atoms with Gasteiger partial charge in [0.1, 0.15) is 18.0 Å². The summed E-state index contributed by atoms with van der Waals surface area (Å²) in [5.41, 5.74) is 2.94. The highest BCUT2D eigenvalue weighted by atomic mass is 32.2. The maximum atomic E-state index is 12.2. The van der Waals surface area contributed by atoms with Crippen LogP contribution in [0.25, 0.3) is 0 Å². The summed E-state index contributed by atoms with van der Waals surface area (Å²) in [4.78, 5) is 12.2. The van der Waals surface area contributed by atoms with E-state index in [1.54, 1.807) is 49.4 Å². The molecule has 0 saturated heterocycles. The van der Waals surface area contributed by atoms with Gasteiger partial charge in [0, 0.05) is 5.56 Å². The minimum Gasteiger partial charge on any atom is -0.507 e. The number of sulfonamides is 1. The molecular formula is C18H21N3O5S. The highest BCUT2D eigenvalue weighted by Gasteiger charge is 2.23. The predicted molar refractivity (Wildman–Crippen MR) is 104 cm³/mol. The Labute approximate surface area is 158 Å². The van der Waals surface area contributed by atoms with E-state index in [2.05, 4.69) is 10.5 Å². The molecule has 0 spiro atoms. The Kier molecular flexibility index (Phi) is 6.78. The third kappa shape index (κ3) is 5.71. The highest BCUT2D eigenvalue weighted by Crippen LogP contribution is 2.29. The molecule has 8 nitrogen and oxygen atoms in total. The second-order valence-electron chi connectivity index (χ2n) is 5.52. The van der Waals surface area contributed by atoms with Crippen molar-refractivity contribution in [2.75, 3.05) is 23.7 Å². The van der Waals surface area contributed by atoms with Crippen LogP contribution in [-0.2, 0) is 14.8 Å². The number of hydrogen-bond donors (Lipinski definition) is 2. The Balaban J connectivity index is 2.15. The van der Waals surface area contributed by atoms with Crippen LogP contribution >= 0.6 is 0 Å². The van der Waals surface area contributed by atoms with Crippen molar-refractivity contribution in [3.63, 3.8) is 0 Å². The molecule has 2 rings (SSSR count). The Morgan fingerprint density at radius 3 is 2.56 bits per heavy atom. The average Bonchev–Trinajstić information content (AvgIpc) is 2.61. The molecule has 0 unspecified atom stereocenters. The zero-order valence-electron chi connectivity index (χ0n) is 15.0. The number of benzene rings is 2. The molecule has 0 aliphatic rings. The van der Waals surface area contributed by atoms with Gasteiger partial charge in [0.2, 0.25) is 10.0 Å². The van der Waals surface area contributed by atoms with Crippen LogP contribution in [0.5, 0.6) is 11.5 Å². The first-order chi connectivity index (χ1) is 12.8. The van der Waals surface area contributed by atoms with Gasteiger partial charge in [-0.1, -0.05) is 24.3 Å². The summed E-state index contributed by atoms with van der Waals surface area (Å²) in [6, 6.07) is 13.0. The van der Waals surface area contributed by atoms with Gasteiger partial charge in [0.15, 0.2) is 0 Å². The van der Waals surface area contributed by atoms with E-state index in [4.69, 9.17) is 4.74 Å². The summed E-state index contributed by atoms with van der Waals surface area (Å²) < 4.78 is 30.8. The predicted octanol–water partition coefficient (Wildman–Crippen LogP) is 1.71. The average molecular weight is 391 g/mol. The molecule has 0 bridgehead atoms. The molecule has 0 aliphatic carbocycles. The number of phenols is 1. The third-order valence-corrected chi connectivity index (χ3v) is 4.58. The molecule has 2 aromatic carbocycles. The second kappa shape index (κ2) is 9.04. The van der Waals surface area contributed by atoms with Crippen molar-refractivity contribution in [1.82, 2.24) is 5.43 Å². The summed E-state index contributed by atoms with van der Waals surface area (Å²) in [6.45, 7) is 1.66. The molecular weight excluding hydrogens is 370 g/mol. The maximum absolute atomic E-state index is 12.2. The molecule has 0 aliphatic heterocycles. The first-order valence-corrected chi connectivity index (χ1v) is 9.97. The van der Waals surface area contributed by atoms with Crippen LogP contribution in [0, 0.1) is 0 Å². The SMILES string of the molecule is CCOc1ccccc1N(CC(=O)N/N=C\c1ccccc1O)S(C)(=O)=O. The fraction of sp³-hybridized carbons (Fsp3) is 0.222. The second-order valence-corrected chi connectivity index (χ2v) is 7.43. The lowest BCUT2D eigenvalue weighted by molar-refractivity contribution is -0.119. The lowest BCUT2D eigenvalue weighted by Gasteiger charge is -2.23. The number of rotatable bonds is 8. The van der Waals surface area contributed by atoms with Gasteiger partial charge >= 0.3 is 0 Å². The molecule has 0 aromatic heterocycles. The van der Waals surface area contributed by atoms with E-state index in [1.807, 2.05) is 0 Å². The number of para-hydroxylation sites is 3. The Bertz CT molecular complexity index is 928. The van der Waals surface area contributed by atoms with Gasteiger partial charge in [-0.3, -0.25) is 9.10 Å². The van der Waals surface area contributed by atoms with Crippen molar-refractivity contribution in [2.45, 2.75) is 6.92 Å². The first-order valence-electron chi connectivity index (χ1n) is 8.12. The summed E-state index contributed by atoms with van der Waals surface area (Å²) in [5.74, 6) is -0.270. The van der Waals surface area contributed by atoms with Gasteiger partial charge < -0.3 is 9.84 Å². The highest BCUT2D eigenvalue weighted by molar-refractivity contribution is 7.92. The maximum Gasteiger partial charge on any atom is 0.260 e. The van der Waals surface area contributed by atoms with Crippen LogP contribution in [0.2, 0.25) is 0 Å². The van der Waals surface area contributed by atoms with E-state index in [1.165, 1.54) is 12.3 Å². The molecule has 9 heteroatoms. The van der Waals surface area contributed by atoms with Crippen molar-refractivity contribution in [1.29, 1.82) is 0 Å². The van der Waals surface area contributed by atoms with E-state index in [0.717, 1.165) is 10.6 Å². The normalized spacial score (nSPS) is 11.3. The molecule has 2 N–H and O–H groups in total. The standard InChI is InChI=1S/C18H21N3O5S/c1-3-26-17-11-7-5-9-15(17)21(27(2,24)25)13-18(23)20-19-12-14-8-4-6-10-16(14)22/h4-12,22H,3,13H2,1-2H3,(H,20,23)/b19-12-. The summed E-state index contributed by atoms with van der Waals surface area (Å²) in [5, 5.41) is 13.4. The summed E-state index contributed by atoms with van der Waals surface area (Å²) in [6.07, 6.45) is 2.28. The number of carbonyl (C=O) groups excluding carboxylic acids is 1. The largest absolute Gasteiger partial charge is 0.507 e. The van der Waals surface area contributed by atoms with Gasteiger partial charge in [-0.05, 0) is 31.2 Å². The Morgan fingerprint density at radius 1 is 1.22 bits per heavy atom. The van der Waals surface area contributed by atoms with Crippen molar-refractivity contribution in [3.05, 3.63) is 54.1 Å². The zero-order valence-corrected chi connectivity index (χ0v) is 15.8. The molecule has 144 valence electrons. The molecule has 0 atom stereocenters. The van der Waals surface area contributed by atoms with Crippen molar-refractivity contribution >= 4 is 27.8 Å². The van der Waals surface area contributed by atoms with Crippen LogP contribution in [0.15, 0.2) is 53.6 Å². The third-order valence-electron chi connectivity index (χ3n) is 3.45. The van der Waals surface area contributed by atoms with E-state index in [-0.39, 0.29) is 11.4 Å². The van der Waals surface area contributed by atoms with Gasteiger partial charge in [-0.2, -0.15) is 5.10 Å². The number of anilines is 1. The Hall–Kier alpha value is -3.07. The fourth-order valence-electron chi connectivity index (χ4n) is 2.26. The van der Waals surface area contributed by atoms with Gasteiger partial charge in [0.25, 0.3) is 5.91 Å². The first kappa shape index (κ1) is 20.2. The minimum atomic E-state index is -3.74. The summed E-state index contributed by atoms with van der Waals surface area (Å²) >= 11 is 0. The van der Waals surface area contributed by atoms with Crippen LogP contribution in [0.1, 0.15) is 12.5 Å². The number of carbonyl (C=O) groups is 1. The molecule has 0 radical (unpaired) electrons. The summed E-state index contributed by atoms with van der Waals surface area (Å²) in [7, 11) is -3.74. The smallest absolute Gasteiger partial charge is 0.260 e. The number of hydrogen-bond acceptors (Lipinski definition) is 6. The molecule has 2 aromatic rings. The lowest BCUT2D eigenvalue weighted by Crippen LogP contribution is -2.39. The van der Waals surface area contributed by atoms with Crippen molar-refractivity contribution in [2.24, 2.45) is 5.10 Å². The Morgan fingerprint density at radius 2 is 1.89 bits per heavy atom. The fourth-order valence-corrected chi connectivity index (χ4v) is 3.12. The van der Waals surface area contributed by atoms with Gasteiger partial charge in [-0.15, -0.1) is 0 Å². The van der Waals surface area contributed by atoms with E-state index < -0.39 is 22.5 Å². The molecule has 27 heavy (non-hydrogen) atoms. The van der Waals surface area contributed by atoms with Crippen molar-refractivity contribution < 1.29 is 23.1 Å². The quantitative estimate of drug-likeness (QED) is 0.526. The topological polar surface area (TPSA) is 108 Å². The molecule has 0 saturated carbocycles. The van der Waals surface area contributed by atoms with Gasteiger partial charge in [0.05, 0.1) is 24.8 Å². The lowest BCUT2D eigenvalue weighted by atomic mass is 10.2. The van der Waals surface area contributed by atoms with E-state index in [9.17, 15) is 18.3 Å². The van der Waals surface area contributed by atoms with Crippen LogP contribution in [-0.4, -0.2) is 45.1 Å². The zero-order chi connectivity index (χ0) is 19.9. The van der Waals surface area contributed by atoms with Gasteiger partial charge in [-0.25, -0.2) is 13.8 Å².